The topological polar surface area (TPSA) is 84.0 Å². The molecule has 0 spiro atoms. The van der Waals surface area contributed by atoms with E-state index in [1.807, 2.05) is 34.6 Å². The fourth-order valence-electron chi connectivity index (χ4n) is 3.83. The SMILES string of the molecule is CC(C)(C)N1CCC(CC(C)(C)N2CCOCS2(=O)=O)CS1(=O)=O. The number of hydrogen-bond donors (Lipinski definition) is 0. The van der Waals surface area contributed by atoms with Gasteiger partial charge < -0.3 is 4.74 Å². The zero-order valence-electron chi connectivity index (χ0n) is 15.3. The Morgan fingerprint density at radius 3 is 2.08 bits per heavy atom. The van der Waals surface area contributed by atoms with Gasteiger partial charge in [-0.25, -0.2) is 16.8 Å². The van der Waals surface area contributed by atoms with E-state index < -0.39 is 31.1 Å². The van der Waals surface area contributed by atoms with E-state index in [0.29, 0.717) is 26.1 Å². The molecule has 0 radical (unpaired) electrons. The molecule has 0 aromatic rings. The highest BCUT2D eigenvalue weighted by Crippen LogP contribution is 2.34. The minimum absolute atomic E-state index is 0.0401. The summed E-state index contributed by atoms with van der Waals surface area (Å²) < 4.78 is 57.8. The second-order valence-corrected chi connectivity index (χ2v) is 12.2. The molecular weight excluding hydrogens is 352 g/mol. The number of hydrogen-bond acceptors (Lipinski definition) is 5. The summed E-state index contributed by atoms with van der Waals surface area (Å²) in [7, 11) is -6.77. The highest BCUT2D eigenvalue weighted by Gasteiger charge is 2.43. The molecule has 2 rings (SSSR count). The smallest absolute Gasteiger partial charge is 0.238 e. The summed E-state index contributed by atoms with van der Waals surface area (Å²) in [5, 5.41) is 0. The van der Waals surface area contributed by atoms with Gasteiger partial charge in [-0.3, -0.25) is 0 Å². The van der Waals surface area contributed by atoms with E-state index >= 15 is 0 Å². The second kappa shape index (κ2) is 6.50. The van der Waals surface area contributed by atoms with Crippen molar-refractivity contribution >= 4 is 20.0 Å². The summed E-state index contributed by atoms with van der Waals surface area (Å²) in [5.74, 6) is -0.253. The molecule has 2 aliphatic heterocycles. The fraction of sp³-hybridized carbons (Fsp3) is 1.00. The Labute approximate surface area is 146 Å². The first-order valence-electron chi connectivity index (χ1n) is 8.34. The molecule has 142 valence electrons. The van der Waals surface area contributed by atoms with Crippen LogP contribution in [0.15, 0.2) is 0 Å². The minimum atomic E-state index is -3.44. The molecule has 2 heterocycles. The minimum Gasteiger partial charge on any atom is -0.363 e. The van der Waals surface area contributed by atoms with E-state index in [-0.39, 0.29) is 17.6 Å². The maximum atomic E-state index is 12.6. The van der Waals surface area contributed by atoms with Crippen LogP contribution in [0.3, 0.4) is 0 Å². The Hall–Kier alpha value is -0.220. The lowest BCUT2D eigenvalue weighted by molar-refractivity contribution is 0.0831. The molecule has 0 bridgehead atoms. The van der Waals surface area contributed by atoms with Gasteiger partial charge in [0.1, 0.15) is 0 Å². The van der Waals surface area contributed by atoms with Gasteiger partial charge >= 0.3 is 0 Å². The molecular formula is C15H30N2O5S2. The van der Waals surface area contributed by atoms with Crippen molar-refractivity contribution < 1.29 is 21.6 Å². The number of ether oxygens (including phenoxy) is 1. The first-order valence-corrected chi connectivity index (χ1v) is 11.6. The van der Waals surface area contributed by atoms with Crippen molar-refractivity contribution in [2.45, 2.75) is 58.5 Å². The van der Waals surface area contributed by atoms with Crippen LogP contribution in [-0.2, 0) is 24.8 Å². The van der Waals surface area contributed by atoms with E-state index in [2.05, 4.69) is 0 Å². The highest BCUT2D eigenvalue weighted by atomic mass is 32.2. The van der Waals surface area contributed by atoms with Crippen LogP contribution in [-0.4, -0.2) is 67.9 Å². The average Bonchev–Trinajstić information content (AvgIpc) is 2.34. The Balaban J connectivity index is 2.12. The van der Waals surface area contributed by atoms with Gasteiger partial charge in [-0.05, 0) is 53.4 Å². The first-order chi connectivity index (χ1) is 10.8. The van der Waals surface area contributed by atoms with Crippen LogP contribution >= 0.6 is 0 Å². The zero-order valence-corrected chi connectivity index (χ0v) is 16.9. The van der Waals surface area contributed by atoms with E-state index in [1.54, 1.807) is 4.31 Å². The van der Waals surface area contributed by atoms with Crippen molar-refractivity contribution in [3.05, 3.63) is 0 Å². The van der Waals surface area contributed by atoms with Gasteiger partial charge in [-0.15, -0.1) is 0 Å². The van der Waals surface area contributed by atoms with Gasteiger partial charge in [0.2, 0.25) is 20.0 Å². The molecule has 1 unspecified atom stereocenters. The molecule has 1 atom stereocenters. The highest BCUT2D eigenvalue weighted by molar-refractivity contribution is 7.89. The third kappa shape index (κ3) is 4.30. The van der Waals surface area contributed by atoms with Crippen LogP contribution in [0.4, 0.5) is 0 Å². The Morgan fingerprint density at radius 1 is 0.958 bits per heavy atom. The third-order valence-electron chi connectivity index (χ3n) is 4.74. The van der Waals surface area contributed by atoms with Gasteiger partial charge in [0.15, 0.2) is 5.94 Å². The van der Waals surface area contributed by atoms with Crippen molar-refractivity contribution in [3.63, 3.8) is 0 Å². The molecule has 2 fully saturated rings. The van der Waals surface area contributed by atoms with E-state index in [1.165, 1.54) is 4.31 Å². The molecule has 2 aliphatic rings. The van der Waals surface area contributed by atoms with Crippen LogP contribution < -0.4 is 0 Å². The largest absolute Gasteiger partial charge is 0.363 e. The molecule has 0 aromatic heterocycles. The predicted molar refractivity (Wildman–Crippen MR) is 93.5 cm³/mol. The van der Waals surface area contributed by atoms with Crippen molar-refractivity contribution in [1.29, 1.82) is 0 Å². The van der Waals surface area contributed by atoms with Gasteiger partial charge in [0.25, 0.3) is 0 Å². The van der Waals surface area contributed by atoms with Gasteiger partial charge in [0.05, 0.1) is 12.4 Å². The van der Waals surface area contributed by atoms with Crippen molar-refractivity contribution in [3.8, 4) is 0 Å². The standard InChI is InChI=1S/C15H30N2O5S2/c1-14(2,3)16-7-6-13(11-23(16,18)19)10-15(4,5)17-8-9-22-12-24(17,20)21/h13H,6-12H2,1-5H3. The fourth-order valence-corrected chi connectivity index (χ4v) is 7.74. The first kappa shape index (κ1) is 20.1. The van der Waals surface area contributed by atoms with E-state index in [4.69, 9.17) is 4.74 Å². The summed E-state index contributed by atoms with van der Waals surface area (Å²) in [5.41, 5.74) is -1.04. The maximum Gasteiger partial charge on any atom is 0.238 e. The van der Waals surface area contributed by atoms with Crippen molar-refractivity contribution in [2.24, 2.45) is 5.92 Å². The summed E-state index contributed by atoms with van der Waals surface area (Å²) >= 11 is 0. The maximum absolute atomic E-state index is 12.6. The zero-order chi connectivity index (χ0) is 18.4. The second-order valence-electron chi connectivity index (χ2n) is 8.40. The number of sulfonamides is 2. The summed E-state index contributed by atoms with van der Waals surface area (Å²) in [4.78, 5) is 0. The molecule has 0 aliphatic carbocycles. The molecule has 7 nitrogen and oxygen atoms in total. The molecule has 0 aromatic carbocycles. The van der Waals surface area contributed by atoms with Gasteiger partial charge in [-0.1, -0.05) is 0 Å². The Morgan fingerprint density at radius 2 is 1.58 bits per heavy atom. The molecule has 9 heteroatoms. The normalized spacial score (nSPS) is 29.5. The predicted octanol–water partition coefficient (Wildman–Crippen LogP) is 1.22. The monoisotopic (exact) mass is 382 g/mol. The lowest BCUT2D eigenvalue weighted by Gasteiger charge is -2.44. The summed E-state index contributed by atoms with van der Waals surface area (Å²) in [6.45, 7) is 10.6. The third-order valence-corrected chi connectivity index (χ3v) is 8.85. The summed E-state index contributed by atoms with van der Waals surface area (Å²) in [6, 6.07) is 0. The lowest BCUT2D eigenvalue weighted by atomic mass is 9.89. The van der Waals surface area contributed by atoms with Crippen LogP contribution in [0.25, 0.3) is 0 Å². The summed E-state index contributed by atoms with van der Waals surface area (Å²) in [6.07, 6.45) is 1.29. The average molecular weight is 383 g/mol. The van der Waals surface area contributed by atoms with Gasteiger partial charge in [-0.2, -0.15) is 8.61 Å². The molecule has 0 amide bonds. The van der Waals surface area contributed by atoms with Crippen molar-refractivity contribution in [2.75, 3.05) is 31.4 Å². The molecule has 0 N–H and O–H groups in total. The Kier molecular flexibility index (Phi) is 5.44. The van der Waals surface area contributed by atoms with Crippen LogP contribution in [0.5, 0.6) is 0 Å². The van der Waals surface area contributed by atoms with Gasteiger partial charge in [0, 0.05) is 24.2 Å². The van der Waals surface area contributed by atoms with E-state index in [9.17, 15) is 16.8 Å². The molecule has 0 saturated carbocycles. The number of nitrogens with zero attached hydrogens (tertiary/aromatic N) is 2. The van der Waals surface area contributed by atoms with Crippen molar-refractivity contribution in [1.82, 2.24) is 8.61 Å². The van der Waals surface area contributed by atoms with Crippen LogP contribution in [0.1, 0.15) is 47.5 Å². The molecule has 24 heavy (non-hydrogen) atoms. The quantitative estimate of drug-likeness (QED) is 0.733. The van der Waals surface area contributed by atoms with Crippen LogP contribution in [0.2, 0.25) is 0 Å². The Bertz CT molecular complexity index is 664. The lowest BCUT2D eigenvalue weighted by Crippen LogP contribution is -2.56. The molecule has 2 saturated heterocycles. The van der Waals surface area contributed by atoms with Crippen LogP contribution in [0, 0.1) is 5.92 Å². The number of rotatable bonds is 3. The van der Waals surface area contributed by atoms with E-state index in [0.717, 1.165) is 6.42 Å².